The number of ether oxygens (including phenoxy) is 1. The third-order valence-electron chi connectivity index (χ3n) is 3.98. The van der Waals surface area contributed by atoms with Gasteiger partial charge in [-0.05, 0) is 30.5 Å². The number of nitrogens with one attached hydrogen (secondary N) is 1. The van der Waals surface area contributed by atoms with Crippen molar-refractivity contribution in [2.45, 2.75) is 37.8 Å². The predicted molar refractivity (Wildman–Crippen MR) is 80.9 cm³/mol. The van der Waals surface area contributed by atoms with Crippen LogP contribution in [0.2, 0.25) is 0 Å². The summed E-state index contributed by atoms with van der Waals surface area (Å²) in [7, 11) is 1.69. The highest BCUT2D eigenvalue weighted by Crippen LogP contribution is 2.37. The first-order chi connectivity index (χ1) is 9.30. The van der Waals surface area contributed by atoms with Crippen LogP contribution in [0, 0.1) is 0 Å². The lowest BCUT2D eigenvalue weighted by Crippen LogP contribution is -2.40. The molecule has 1 heterocycles. The van der Waals surface area contributed by atoms with Crippen LogP contribution >= 0.6 is 11.8 Å². The SMILES string of the molecule is COc1ccc(CN=C2NC3(CCCC3)CS2)cc1. The monoisotopic (exact) mass is 276 g/mol. The summed E-state index contributed by atoms with van der Waals surface area (Å²) in [4.78, 5) is 4.70. The van der Waals surface area contributed by atoms with E-state index in [-0.39, 0.29) is 0 Å². The largest absolute Gasteiger partial charge is 0.497 e. The molecule has 1 saturated carbocycles. The zero-order valence-corrected chi connectivity index (χ0v) is 12.1. The molecule has 19 heavy (non-hydrogen) atoms. The van der Waals surface area contributed by atoms with Gasteiger partial charge in [-0.2, -0.15) is 0 Å². The number of hydrogen-bond acceptors (Lipinski definition) is 3. The van der Waals surface area contributed by atoms with Crippen LogP contribution in [0.5, 0.6) is 5.75 Å². The number of thioether (sulfide) groups is 1. The van der Waals surface area contributed by atoms with Crippen LogP contribution in [-0.4, -0.2) is 23.6 Å². The van der Waals surface area contributed by atoms with Gasteiger partial charge in [-0.3, -0.25) is 4.99 Å². The summed E-state index contributed by atoms with van der Waals surface area (Å²) in [5.74, 6) is 2.09. The fourth-order valence-electron chi connectivity index (χ4n) is 2.81. The van der Waals surface area contributed by atoms with Crippen LogP contribution in [0.3, 0.4) is 0 Å². The number of nitrogens with zero attached hydrogens (tertiary/aromatic N) is 1. The third kappa shape index (κ3) is 2.89. The summed E-state index contributed by atoms with van der Waals surface area (Å²) in [5, 5.41) is 4.77. The van der Waals surface area contributed by atoms with E-state index in [1.807, 2.05) is 23.9 Å². The van der Waals surface area contributed by atoms with Gasteiger partial charge in [-0.1, -0.05) is 36.7 Å². The Labute approximate surface area is 118 Å². The first kappa shape index (κ1) is 12.9. The Balaban J connectivity index is 1.60. The summed E-state index contributed by atoms with van der Waals surface area (Å²) < 4.78 is 5.16. The van der Waals surface area contributed by atoms with Crippen molar-refractivity contribution in [1.29, 1.82) is 0 Å². The molecule has 1 saturated heterocycles. The normalized spacial score (nSPS) is 22.9. The van der Waals surface area contributed by atoms with Gasteiger partial charge in [0.15, 0.2) is 5.17 Å². The van der Waals surface area contributed by atoms with Crippen LogP contribution in [-0.2, 0) is 6.54 Å². The smallest absolute Gasteiger partial charge is 0.157 e. The van der Waals surface area contributed by atoms with E-state index in [1.54, 1.807) is 7.11 Å². The van der Waals surface area contributed by atoms with Gasteiger partial charge in [-0.25, -0.2) is 0 Å². The fourth-order valence-corrected chi connectivity index (χ4v) is 4.02. The molecule has 2 aliphatic rings. The quantitative estimate of drug-likeness (QED) is 0.920. The lowest BCUT2D eigenvalue weighted by Gasteiger charge is -2.21. The highest BCUT2D eigenvalue weighted by atomic mass is 32.2. The van der Waals surface area contributed by atoms with Crippen LogP contribution in [0.1, 0.15) is 31.2 Å². The van der Waals surface area contributed by atoms with Crippen molar-refractivity contribution in [3.63, 3.8) is 0 Å². The van der Waals surface area contributed by atoms with E-state index in [1.165, 1.54) is 37.0 Å². The van der Waals surface area contributed by atoms with Crippen molar-refractivity contribution in [2.24, 2.45) is 4.99 Å². The summed E-state index contributed by atoms with van der Waals surface area (Å²) in [6, 6.07) is 8.13. The molecule has 0 aromatic heterocycles. The molecule has 4 heteroatoms. The zero-order chi connectivity index (χ0) is 13.1. The molecule has 3 nitrogen and oxygen atoms in total. The summed E-state index contributed by atoms with van der Waals surface area (Å²) in [5.41, 5.74) is 1.59. The molecule has 2 fully saturated rings. The summed E-state index contributed by atoms with van der Waals surface area (Å²) in [6.07, 6.45) is 5.34. The standard InChI is InChI=1S/C15H20N2OS/c1-18-13-6-4-12(5-7-13)10-16-14-17-15(11-19-14)8-2-3-9-15/h4-7H,2-3,8-11H2,1H3,(H,16,17). The number of methoxy groups -OCH3 is 1. The summed E-state index contributed by atoms with van der Waals surface area (Å²) >= 11 is 1.88. The van der Waals surface area contributed by atoms with Crippen molar-refractivity contribution in [1.82, 2.24) is 5.32 Å². The van der Waals surface area contributed by atoms with Crippen LogP contribution < -0.4 is 10.1 Å². The van der Waals surface area contributed by atoms with Crippen molar-refractivity contribution in [3.05, 3.63) is 29.8 Å². The average Bonchev–Trinajstić information content (AvgIpc) is 3.08. The van der Waals surface area contributed by atoms with E-state index >= 15 is 0 Å². The second-order valence-corrected chi connectivity index (χ2v) is 6.33. The lowest BCUT2D eigenvalue weighted by atomic mass is 10.0. The van der Waals surface area contributed by atoms with Gasteiger partial charge in [0.2, 0.25) is 0 Å². The molecule has 1 aliphatic carbocycles. The molecule has 1 aromatic rings. The van der Waals surface area contributed by atoms with E-state index in [9.17, 15) is 0 Å². The van der Waals surface area contributed by atoms with Gasteiger partial charge >= 0.3 is 0 Å². The average molecular weight is 276 g/mol. The number of rotatable bonds is 3. The predicted octanol–water partition coefficient (Wildman–Crippen LogP) is 3.20. The minimum absolute atomic E-state index is 0.364. The molecule has 0 unspecified atom stereocenters. The van der Waals surface area contributed by atoms with Crippen molar-refractivity contribution in [3.8, 4) is 5.75 Å². The molecule has 1 aliphatic heterocycles. The van der Waals surface area contributed by atoms with E-state index in [0.717, 1.165) is 17.5 Å². The Morgan fingerprint density at radius 2 is 2.00 bits per heavy atom. The fraction of sp³-hybridized carbons (Fsp3) is 0.533. The van der Waals surface area contributed by atoms with E-state index in [2.05, 4.69) is 17.4 Å². The highest BCUT2D eigenvalue weighted by molar-refractivity contribution is 8.14. The minimum Gasteiger partial charge on any atom is -0.497 e. The van der Waals surface area contributed by atoms with Gasteiger partial charge in [0.1, 0.15) is 5.75 Å². The van der Waals surface area contributed by atoms with Gasteiger partial charge in [0, 0.05) is 11.3 Å². The zero-order valence-electron chi connectivity index (χ0n) is 11.3. The van der Waals surface area contributed by atoms with Crippen molar-refractivity contribution >= 4 is 16.9 Å². The molecule has 1 spiro atoms. The second-order valence-electron chi connectivity index (χ2n) is 5.37. The van der Waals surface area contributed by atoms with Gasteiger partial charge < -0.3 is 10.1 Å². The Kier molecular flexibility index (Phi) is 3.69. The van der Waals surface area contributed by atoms with E-state index in [4.69, 9.17) is 9.73 Å². The molecule has 0 bridgehead atoms. The number of benzene rings is 1. The number of aliphatic imine (C=N–C) groups is 1. The van der Waals surface area contributed by atoms with Crippen LogP contribution in [0.25, 0.3) is 0 Å². The number of hydrogen-bond donors (Lipinski definition) is 1. The first-order valence-corrected chi connectivity index (χ1v) is 7.87. The molecular formula is C15H20N2OS. The first-order valence-electron chi connectivity index (χ1n) is 6.88. The maximum Gasteiger partial charge on any atom is 0.157 e. The molecule has 0 atom stereocenters. The molecular weight excluding hydrogens is 256 g/mol. The molecule has 3 rings (SSSR count). The van der Waals surface area contributed by atoms with Gasteiger partial charge in [0.25, 0.3) is 0 Å². The minimum atomic E-state index is 0.364. The topological polar surface area (TPSA) is 33.6 Å². The Bertz CT molecular complexity index is 464. The molecule has 1 aromatic carbocycles. The number of amidine groups is 1. The van der Waals surface area contributed by atoms with Crippen molar-refractivity contribution in [2.75, 3.05) is 12.9 Å². The van der Waals surface area contributed by atoms with Crippen molar-refractivity contribution < 1.29 is 4.74 Å². The van der Waals surface area contributed by atoms with Gasteiger partial charge in [0.05, 0.1) is 13.7 Å². The van der Waals surface area contributed by atoms with Gasteiger partial charge in [-0.15, -0.1) is 0 Å². The highest BCUT2D eigenvalue weighted by Gasteiger charge is 2.39. The maximum absolute atomic E-state index is 5.16. The van der Waals surface area contributed by atoms with E-state index < -0.39 is 0 Å². The Morgan fingerprint density at radius 1 is 1.26 bits per heavy atom. The van der Waals surface area contributed by atoms with E-state index in [0.29, 0.717) is 5.54 Å². The lowest BCUT2D eigenvalue weighted by molar-refractivity contribution is 0.414. The Hall–Kier alpha value is -1.16. The molecule has 0 radical (unpaired) electrons. The molecule has 0 amide bonds. The summed E-state index contributed by atoms with van der Waals surface area (Å²) in [6.45, 7) is 0.745. The molecule has 1 N–H and O–H groups in total. The third-order valence-corrected chi connectivity index (χ3v) is 5.18. The Morgan fingerprint density at radius 3 is 2.68 bits per heavy atom. The second kappa shape index (κ2) is 5.45. The maximum atomic E-state index is 5.16. The van der Waals surface area contributed by atoms with Crippen LogP contribution in [0.15, 0.2) is 29.3 Å². The van der Waals surface area contributed by atoms with Crippen LogP contribution in [0.4, 0.5) is 0 Å². The molecule has 102 valence electrons.